The molecule has 1 heterocycles. The van der Waals surface area contributed by atoms with Gasteiger partial charge in [-0.3, -0.25) is 14.7 Å². The highest BCUT2D eigenvalue weighted by Gasteiger charge is 2.32. The van der Waals surface area contributed by atoms with Crippen molar-refractivity contribution in [1.29, 1.82) is 0 Å². The number of hydrogen-bond donors (Lipinski definition) is 3. The summed E-state index contributed by atoms with van der Waals surface area (Å²) in [5.41, 5.74) is 7.41. The smallest absolute Gasteiger partial charge is 0.399 e. The van der Waals surface area contributed by atoms with E-state index in [0.717, 1.165) is 49.3 Å². The SMILES string of the molecule is C=Nc1ccc(C(F)(F)F)cc1C(=C)NCC(=O)NC1CN(C(C)CCC(C)C(=C)/C(N)=C\C)C1. The molecular weight excluding hydrogens is 455 g/mol. The first kappa shape index (κ1) is 28.2. The molecule has 1 saturated heterocycles. The van der Waals surface area contributed by atoms with Crippen molar-refractivity contribution in [3.8, 4) is 0 Å². The highest BCUT2D eigenvalue weighted by atomic mass is 19.4. The summed E-state index contributed by atoms with van der Waals surface area (Å²) in [6, 6.07) is 3.52. The molecule has 9 heteroatoms. The third kappa shape index (κ3) is 7.71. The Balaban J connectivity index is 1.77. The summed E-state index contributed by atoms with van der Waals surface area (Å²) < 4.78 is 39.2. The molecule has 35 heavy (non-hydrogen) atoms. The number of carbonyl (C=O) groups is 1. The zero-order valence-corrected chi connectivity index (χ0v) is 20.7. The van der Waals surface area contributed by atoms with Crippen LogP contribution in [0, 0.1) is 5.92 Å². The fourth-order valence-corrected chi connectivity index (χ4v) is 3.93. The zero-order chi connectivity index (χ0) is 26.3. The Bertz CT molecular complexity index is 980. The number of likely N-dealkylation sites (tertiary alicyclic amines) is 1. The van der Waals surface area contributed by atoms with Gasteiger partial charge < -0.3 is 16.4 Å². The van der Waals surface area contributed by atoms with E-state index in [9.17, 15) is 18.0 Å². The Morgan fingerprint density at radius 3 is 2.51 bits per heavy atom. The summed E-state index contributed by atoms with van der Waals surface area (Å²) in [5, 5.41) is 5.74. The van der Waals surface area contributed by atoms with Crippen molar-refractivity contribution in [3.63, 3.8) is 0 Å². The van der Waals surface area contributed by atoms with E-state index in [1.54, 1.807) is 0 Å². The number of alkyl halides is 3. The van der Waals surface area contributed by atoms with Crippen molar-refractivity contribution in [2.24, 2.45) is 16.6 Å². The van der Waals surface area contributed by atoms with E-state index < -0.39 is 11.7 Å². The molecule has 1 aromatic carbocycles. The summed E-state index contributed by atoms with van der Waals surface area (Å²) in [6.07, 6.45) is -0.656. The number of benzene rings is 1. The summed E-state index contributed by atoms with van der Waals surface area (Å²) in [6.45, 7) is 18.8. The summed E-state index contributed by atoms with van der Waals surface area (Å²) in [7, 11) is 0. The minimum absolute atomic E-state index is 0.0324. The number of rotatable bonds is 12. The zero-order valence-electron chi connectivity index (χ0n) is 20.7. The molecule has 1 aliphatic heterocycles. The maximum absolute atomic E-state index is 13.1. The molecule has 2 rings (SSSR count). The lowest BCUT2D eigenvalue weighted by atomic mass is 9.92. The van der Waals surface area contributed by atoms with Gasteiger partial charge >= 0.3 is 6.18 Å². The van der Waals surface area contributed by atoms with Gasteiger partial charge in [0.2, 0.25) is 5.91 Å². The first-order valence-electron chi connectivity index (χ1n) is 11.6. The van der Waals surface area contributed by atoms with E-state index in [1.165, 1.54) is 6.07 Å². The highest BCUT2D eigenvalue weighted by Crippen LogP contribution is 2.34. The van der Waals surface area contributed by atoms with Crippen LogP contribution in [0.1, 0.15) is 44.7 Å². The van der Waals surface area contributed by atoms with Crippen LogP contribution in [0.3, 0.4) is 0 Å². The molecule has 1 fully saturated rings. The van der Waals surface area contributed by atoms with Crippen LogP contribution < -0.4 is 16.4 Å². The predicted octanol–water partition coefficient (Wildman–Crippen LogP) is 4.62. The number of nitrogens with one attached hydrogen (secondary N) is 2. The van der Waals surface area contributed by atoms with Crippen molar-refractivity contribution in [3.05, 3.63) is 59.8 Å². The molecule has 0 radical (unpaired) electrons. The third-order valence-corrected chi connectivity index (χ3v) is 6.47. The van der Waals surface area contributed by atoms with Crippen LogP contribution in [-0.4, -0.2) is 49.2 Å². The van der Waals surface area contributed by atoms with Crippen LogP contribution in [0.4, 0.5) is 18.9 Å². The maximum atomic E-state index is 13.1. The largest absolute Gasteiger partial charge is 0.416 e. The van der Waals surface area contributed by atoms with Gasteiger partial charge in [0.25, 0.3) is 0 Å². The number of nitrogens with zero attached hydrogens (tertiary/aromatic N) is 2. The van der Waals surface area contributed by atoms with Gasteiger partial charge in [-0.25, -0.2) is 0 Å². The van der Waals surface area contributed by atoms with Gasteiger partial charge in [-0.05, 0) is 63.1 Å². The Morgan fingerprint density at radius 1 is 1.29 bits per heavy atom. The Labute approximate surface area is 205 Å². The van der Waals surface area contributed by atoms with E-state index in [2.05, 4.69) is 54.2 Å². The van der Waals surface area contributed by atoms with Crippen LogP contribution >= 0.6 is 0 Å². The fraction of sp³-hybridized carbons (Fsp3) is 0.462. The highest BCUT2D eigenvalue weighted by molar-refractivity contribution is 5.82. The molecule has 0 bridgehead atoms. The lowest BCUT2D eigenvalue weighted by molar-refractivity contribution is -0.137. The molecule has 1 amide bonds. The number of carbonyl (C=O) groups excluding carboxylic acids is 1. The summed E-state index contributed by atoms with van der Waals surface area (Å²) in [4.78, 5) is 18.4. The molecular formula is C26H36F3N5O. The molecule has 1 aromatic rings. The summed E-state index contributed by atoms with van der Waals surface area (Å²) >= 11 is 0. The summed E-state index contributed by atoms with van der Waals surface area (Å²) in [5.74, 6) is 0.0496. The van der Waals surface area contributed by atoms with Gasteiger partial charge in [0.05, 0.1) is 23.8 Å². The van der Waals surface area contributed by atoms with E-state index in [4.69, 9.17) is 5.73 Å². The Hall–Kier alpha value is -3.07. The van der Waals surface area contributed by atoms with Crippen molar-refractivity contribution >= 4 is 24.0 Å². The normalized spacial score (nSPS) is 16.7. The standard InChI is InChI=1S/C26H36F3N5O/c1-7-23(30)18(4)16(2)8-9-17(3)34-14-21(15-34)33-25(35)13-32-19(5)22-12-20(26(27,28)29)10-11-24(22)31-6/h7,10-12,16-17,21,32H,4-6,8-9,13-15,30H2,1-3H3,(H,33,35)/b23-7+. The van der Waals surface area contributed by atoms with Gasteiger partial charge in [-0.1, -0.05) is 26.2 Å². The van der Waals surface area contributed by atoms with Crippen LogP contribution in [0.15, 0.2) is 53.7 Å². The Morgan fingerprint density at radius 2 is 1.94 bits per heavy atom. The second-order valence-corrected chi connectivity index (χ2v) is 9.03. The van der Waals surface area contributed by atoms with Gasteiger partial charge in [0, 0.05) is 36.1 Å². The van der Waals surface area contributed by atoms with Gasteiger partial charge in [0.15, 0.2) is 0 Å². The Kier molecular flexibility index (Phi) is 9.71. The molecule has 1 aliphatic rings. The van der Waals surface area contributed by atoms with E-state index in [-0.39, 0.29) is 35.4 Å². The van der Waals surface area contributed by atoms with Crippen molar-refractivity contribution < 1.29 is 18.0 Å². The topological polar surface area (TPSA) is 82.8 Å². The molecule has 4 N–H and O–H groups in total. The number of hydrogen-bond acceptors (Lipinski definition) is 5. The molecule has 6 nitrogen and oxygen atoms in total. The van der Waals surface area contributed by atoms with Gasteiger partial charge in [0.1, 0.15) is 0 Å². The van der Waals surface area contributed by atoms with Crippen LogP contribution in [0.25, 0.3) is 5.70 Å². The molecule has 0 aliphatic carbocycles. The molecule has 0 aromatic heterocycles. The maximum Gasteiger partial charge on any atom is 0.416 e. The second-order valence-electron chi connectivity index (χ2n) is 9.03. The van der Waals surface area contributed by atoms with Crippen molar-refractivity contribution in [2.45, 2.75) is 51.9 Å². The van der Waals surface area contributed by atoms with Crippen LogP contribution in [-0.2, 0) is 11.0 Å². The van der Waals surface area contributed by atoms with E-state index in [1.807, 2.05) is 13.0 Å². The fourth-order valence-electron chi connectivity index (χ4n) is 3.93. The number of nitrogens with two attached hydrogens (primary N) is 1. The first-order chi connectivity index (χ1) is 16.4. The third-order valence-electron chi connectivity index (χ3n) is 6.47. The quantitative estimate of drug-likeness (QED) is 0.294. The van der Waals surface area contributed by atoms with Crippen molar-refractivity contribution in [1.82, 2.24) is 15.5 Å². The van der Waals surface area contributed by atoms with E-state index >= 15 is 0 Å². The molecule has 192 valence electrons. The first-order valence-corrected chi connectivity index (χ1v) is 11.6. The average Bonchev–Trinajstić information content (AvgIpc) is 2.80. The number of allylic oxidation sites excluding steroid dienone is 2. The number of amides is 1. The molecule has 2 atom stereocenters. The number of halogens is 3. The molecule has 0 spiro atoms. The monoisotopic (exact) mass is 491 g/mol. The minimum atomic E-state index is -4.49. The van der Waals surface area contributed by atoms with E-state index in [0.29, 0.717) is 12.0 Å². The number of aliphatic imine (C=N–C) groups is 1. The average molecular weight is 492 g/mol. The van der Waals surface area contributed by atoms with Crippen LogP contribution in [0.2, 0.25) is 0 Å². The lowest BCUT2D eigenvalue weighted by Crippen LogP contribution is -2.62. The molecule has 0 saturated carbocycles. The predicted molar refractivity (Wildman–Crippen MR) is 136 cm³/mol. The lowest BCUT2D eigenvalue weighted by Gasteiger charge is -2.43. The molecule has 2 unspecified atom stereocenters. The van der Waals surface area contributed by atoms with Gasteiger partial charge in [-0.15, -0.1) is 0 Å². The second kappa shape index (κ2) is 12.1. The van der Waals surface area contributed by atoms with Gasteiger partial charge in [-0.2, -0.15) is 13.2 Å². The van der Waals surface area contributed by atoms with Crippen LogP contribution in [0.5, 0.6) is 0 Å². The minimum Gasteiger partial charge on any atom is -0.399 e. The van der Waals surface area contributed by atoms with Crippen molar-refractivity contribution in [2.75, 3.05) is 19.6 Å².